The van der Waals surface area contributed by atoms with Gasteiger partial charge in [-0.2, -0.15) is 0 Å². The summed E-state index contributed by atoms with van der Waals surface area (Å²) in [5, 5.41) is 13.4. The Morgan fingerprint density at radius 1 is 1.32 bits per heavy atom. The molecule has 19 heavy (non-hydrogen) atoms. The fraction of sp³-hybridized carbons (Fsp3) is 0.133. The van der Waals surface area contributed by atoms with E-state index in [9.17, 15) is 4.79 Å². The minimum Gasteiger partial charge on any atom is -0.384 e. The molecule has 2 aromatic rings. The Labute approximate surface area is 115 Å². The topological polar surface area (TPSA) is 49.3 Å². The SMILES string of the molecule is O=C(NCc1cccc(C#CCO)c1)c1cccs1. The summed E-state index contributed by atoms with van der Waals surface area (Å²) in [5.41, 5.74) is 1.81. The van der Waals surface area contributed by atoms with E-state index >= 15 is 0 Å². The fourth-order valence-corrected chi connectivity index (χ4v) is 2.22. The van der Waals surface area contributed by atoms with Crippen LogP contribution in [0.1, 0.15) is 20.8 Å². The molecule has 2 N–H and O–H groups in total. The maximum atomic E-state index is 11.8. The van der Waals surface area contributed by atoms with E-state index in [0.717, 1.165) is 11.1 Å². The third kappa shape index (κ3) is 3.95. The van der Waals surface area contributed by atoms with Crippen molar-refractivity contribution in [3.05, 3.63) is 57.8 Å². The highest BCUT2D eigenvalue weighted by Crippen LogP contribution is 2.09. The molecule has 0 radical (unpaired) electrons. The predicted molar refractivity (Wildman–Crippen MR) is 75.9 cm³/mol. The van der Waals surface area contributed by atoms with E-state index in [-0.39, 0.29) is 12.5 Å². The molecule has 4 heteroatoms. The molecule has 0 bridgehead atoms. The summed E-state index contributed by atoms with van der Waals surface area (Å²) in [6.07, 6.45) is 0. The first-order valence-electron chi connectivity index (χ1n) is 5.80. The normalized spacial score (nSPS) is 9.53. The number of hydrogen-bond donors (Lipinski definition) is 2. The average molecular weight is 271 g/mol. The molecule has 0 unspecified atom stereocenters. The first kappa shape index (κ1) is 13.3. The van der Waals surface area contributed by atoms with Crippen LogP contribution in [-0.4, -0.2) is 17.6 Å². The molecule has 1 heterocycles. The molecule has 3 nitrogen and oxygen atoms in total. The summed E-state index contributed by atoms with van der Waals surface area (Å²) in [6.45, 7) is 0.310. The van der Waals surface area contributed by atoms with Crippen molar-refractivity contribution in [1.29, 1.82) is 0 Å². The van der Waals surface area contributed by atoms with Gasteiger partial charge in [0.1, 0.15) is 6.61 Å². The first-order valence-corrected chi connectivity index (χ1v) is 6.68. The van der Waals surface area contributed by atoms with Crippen molar-refractivity contribution in [1.82, 2.24) is 5.32 Å². The van der Waals surface area contributed by atoms with E-state index in [0.29, 0.717) is 11.4 Å². The number of rotatable bonds is 3. The lowest BCUT2D eigenvalue weighted by Gasteiger charge is -2.04. The summed E-state index contributed by atoms with van der Waals surface area (Å²) in [5.74, 6) is 5.37. The Bertz CT molecular complexity index is 609. The third-order valence-electron chi connectivity index (χ3n) is 2.44. The maximum Gasteiger partial charge on any atom is 0.261 e. The zero-order chi connectivity index (χ0) is 13.5. The molecule has 0 aliphatic rings. The number of thiophene rings is 1. The molecule has 2 rings (SSSR count). The van der Waals surface area contributed by atoms with Gasteiger partial charge in [-0.05, 0) is 29.1 Å². The van der Waals surface area contributed by atoms with Gasteiger partial charge >= 0.3 is 0 Å². The number of hydrogen-bond acceptors (Lipinski definition) is 3. The van der Waals surface area contributed by atoms with Crippen molar-refractivity contribution in [3.8, 4) is 11.8 Å². The number of amides is 1. The number of nitrogens with one attached hydrogen (secondary N) is 1. The van der Waals surface area contributed by atoms with Crippen LogP contribution in [0, 0.1) is 11.8 Å². The maximum absolute atomic E-state index is 11.8. The minimum atomic E-state index is -0.153. The molecule has 1 aromatic carbocycles. The fourth-order valence-electron chi connectivity index (χ4n) is 1.58. The van der Waals surface area contributed by atoms with Crippen molar-refractivity contribution in [2.45, 2.75) is 6.54 Å². The second-order valence-corrected chi connectivity index (χ2v) is 4.77. The van der Waals surface area contributed by atoms with E-state index in [2.05, 4.69) is 17.2 Å². The van der Waals surface area contributed by atoms with Crippen molar-refractivity contribution >= 4 is 17.2 Å². The van der Waals surface area contributed by atoms with Crippen molar-refractivity contribution < 1.29 is 9.90 Å². The van der Waals surface area contributed by atoms with Gasteiger partial charge in [0.05, 0.1) is 4.88 Å². The number of aliphatic hydroxyl groups excluding tert-OH is 1. The molecule has 96 valence electrons. The van der Waals surface area contributed by atoms with Gasteiger partial charge < -0.3 is 10.4 Å². The van der Waals surface area contributed by atoms with E-state index in [4.69, 9.17) is 5.11 Å². The van der Waals surface area contributed by atoms with E-state index in [1.165, 1.54) is 11.3 Å². The van der Waals surface area contributed by atoms with Crippen LogP contribution < -0.4 is 5.32 Å². The van der Waals surface area contributed by atoms with Crippen molar-refractivity contribution in [2.24, 2.45) is 0 Å². The number of carbonyl (C=O) groups is 1. The van der Waals surface area contributed by atoms with Gasteiger partial charge in [0.25, 0.3) is 5.91 Å². The molecule has 0 saturated carbocycles. The average Bonchev–Trinajstić information content (AvgIpc) is 2.97. The molecule has 0 fully saturated rings. The lowest BCUT2D eigenvalue weighted by atomic mass is 10.1. The number of benzene rings is 1. The minimum absolute atomic E-state index is 0.0677. The third-order valence-corrected chi connectivity index (χ3v) is 3.31. The van der Waals surface area contributed by atoms with Crippen molar-refractivity contribution in [3.63, 3.8) is 0 Å². The van der Waals surface area contributed by atoms with E-state index < -0.39 is 0 Å². The van der Waals surface area contributed by atoms with Crippen LogP contribution in [0.2, 0.25) is 0 Å². The first-order chi connectivity index (χ1) is 9.29. The van der Waals surface area contributed by atoms with Crippen LogP contribution in [0.25, 0.3) is 0 Å². The Balaban J connectivity index is 1.98. The molecule has 0 aliphatic carbocycles. The van der Waals surface area contributed by atoms with Gasteiger partial charge in [0.2, 0.25) is 0 Å². The van der Waals surface area contributed by atoms with Gasteiger partial charge in [-0.15, -0.1) is 11.3 Å². The van der Waals surface area contributed by atoms with Gasteiger partial charge in [0.15, 0.2) is 0 Å². The monoisotopic (exact) mass is 271 g/mol. The Hall–Kier alpha value is -2.09. The van der Waals surface area contributed by atoms with Gasteiger partial charge in [0, 0.05) is 12.1 Å². The molecular weight excluding hydrogens is 258 g/mol. The van der Waals surface area contributed by atoms with Crippen LogP contribution in [0.5, 0.6) is 0 Å². The highest BCUT2D eigenvalue weighted by molar-refractivity contribution is 7.12. The smallest absolute Gasteiger partial charge is 0.261 e. The molecule has 1 aromatic heterocycles. The molecular formula is C15H13NO2S. The van der Waals surface area contributed by atoms with E-state index in [1.54, 1.807) is 6.07 Å². The molecule has 0 aliphatic heterocycles. The highest BCUT2D eigenvalue weighted by Gasteiger charge is 2.05. The van der Waals surface area contributed by atoms with Crippen LogP contribution in [-0.2, 0) is 6.54 Å². The Morgan fingerprint density at radius 2 is 2.21 bits per heavy atom. The largest absolute Gasteiger partial charge is 0.384 e. The number of carbonyl (C=O) groups excluding carboxylic acids is 1. The Kier molecular flexibility index (Phi) is 4.73. The molecule has 0 saturated heterocycles. The summed E-state index contributed by atoms with van der Waals surface area (Å²) >= 11 is 1.42. The van der Waals surface area contributed by atoms with Gasteiger partial charge in [-0.25, -0.2) is 0 Å². The summed E-state index contributed by atoms with van der Waals surface area (Å²) in [4.78, 5) is 12.5. The van der Waals surface area contributed by atoms with Gasteiger partial charge in [-0.1, -0.05) is 30.0 Å². The predicted octanol–water partition coefficient (Wildman–Crippen LogP) is 2.02. The van der Waals surface area contributed by atoms with Crippen LogP contribution in [0.3, 0.4) is 0 Å². The second-order valence-electron chi connectivity index (χ2n) is 3.82. The molecule has 0 atom stereocenters. The quantitative estimate of drug-likeness (QED) is 0.839. The van der Waals surface area contributed by atoms with Gasteiger partial charge in [-0.3, -0.25) is 4.79 Å². The summed E-state index contributed by atoms with van der Waals surface area (Å²) in [7, 11) is 0. The van der Waals surface area contributed by atoms with Crippen LogP contribution in [0.15, 0.2) is 41.8 Å². The Morgan fingerprint density at radius 3 is 2.95 bits per heavy atom. The molecule has 0 spiro atoms. The summed E-state index contributed by atoms with van der Waals surface area (Å²) < 4.78 is 0. The summed E-state index contributed by atoms with van der Waals surface area (Å²) in [6, 6.07) is 11.2. The van der Waals surface area contributed by atoms with E-state index in [1.807, 2.05) is 35.7 Å². The highest BCUT2D eigenvalue weighted by atomic mass is 32.1. The van der Waals surface area contributed by atoms with Crippen LogP contribution in [0.4, 0.5) is 0 Å². The van der Waals surface area contributed by atoms with Crippen LogP contribution >= 0.6 is 11.3 Å². The number of aliphatic hydroxyl groups is 1. The zero-order valence-corrected chi connectivity index (χ0v) is 11.0. The second kappa shape index (κ2) is 6.74. The van der Waals surface area contributed by atoms with Crippen molar-refractivity contribution in [2.75, 3.05) is 6.61 Å². The lowest BCUT2D eigenvalue weighted by molar-refractivity contribution is 0.0955. The molecule has 1 amide bonds. The zero-order valence-electron chi connectivity index (χ0n) is 10.2. The standard InChI is InChI=1S/C15H13NO2S/c17-8-2-6-12-4-1-5-13(10-12)11-16-15(18)14-7-3-9-19-14/h1,3-5,7,9-10,17H,8,11H2,(H,16,18). The lowest BCUT2D eigenvalue weighted by Crippen LogP contribution is -2.21.